The van der Waals surface area contributed by atoms with Crippen LogP contribution in [0.25, 0.3) is 10.9 Å². The van der Waals surface area contributed by atoms with Crippen LogP contribution in [0.1, 0.15) is 16.1 Å². The molecule has 0 fully saturated rings. The Morgan fingerprint density at radius 2 is 1.63 bits per heavy atom. The van der Waals surface area contributed by atoms with Crippen LogP contribution in [0.4, 0.5) is 5.69 Å². The molecule has 196 valence electrons. The largest absolute Gasteiger partial charge is 0.493 e. The first-order valence-corrected chi connectivity index (χ1v) is 12.2. The lowest BCUT2D eigenvalue weighted by molar-refractivity contribution is -0.136. The summed E-state index contributed by atoms with van der Waals surface area (Å²) in [6, 6.07) is 18.6. The van der Waals surface area contributed by atoms with E-state index < -0.39 is 17.7 Å². The van der Waals surface area contributed by atoms with Crippen LogP contribution >= 0.6 is 23.2 Å². The molecular weight excluding hydrogens is 531 g/mol. The molecule has 1 heterocycles. The van der Waals surface area contributed by atoms with Crippen LogP contribution in [0.15, 0.2) is 66.7 Å². The molecule has 0 atom stereocenters. The number of anilines is 1. The molecule has 0 unspecified atom stereocenters. The molecule has 0 aliphatic rings. The number of methoxy groups -OCH3 is 2. The number of halogens is 2. The molecule has 0 aliphatic heterocycles. The molecule has 0 bridgehead atoms. The molecule has 3 N–H and O–H groups in total. The molecular formula is C27H24Cl2N4O5. The first-order chi connectivity index (χ1) is 18.3. The van der Waals surface area contributed by atoms with Crippen LogP contribution in [-0.2, 0) is 16.0 Å². The minimum absolute atomic E-state index is 0.0775. The van der Waals surface area contributed by atoms with Crippen molar-refractivity contribution in [2.45, 2.75) is 6.42 Å². The highest BCUT2D eigenvalue weighted by molar-refractivity contribution is 6.38. The zero-order chi connectivity index (χ0) is 27.2. The van der Waals surface area contributed by atoms with Crippen molar-refractivity contribution in [1.82, 2.24) is 9.99 Å². The third-order valence-corrected chi connectivity index (χ3v) is 6.25. The van der Waals surface area contributed by atoms with Gasteiger partial charge in [0.05, 0.1) is 30.4 Å². The number of carbonyl (C=O) groups excluding carboxylic acids is 3. The summed E-state index contributed by atoms with van der Waals surface area (Å²) in [5, 5.41) is 6.70. The van der Waals surface area contributed by atoms with Gasteiger partial charge >= 0.3 is 11.8 Å². The number of fused-ring (bicyclic) bond motifs is 1. The first kappa shape index (κ1) is 26.8. The Morgan fingerprint density at radius 3 is 2.37 bits per heavy atom. The molecule has 4 aromatic rings. The highest BCUT2D eigenvalue weighted by atomic mass is 35.5. The van der Waals surface area contributed by atoms with E-state index in [1.165, 1.54) is 11.8 Å². The number of hydrogen-bond donors (Lipinski definition) is 3. The van der Waals surface area contributed by atoms with Crippen LogP contribution in [0.5, 0.6) is 11.5 Å². The van der Waals surface area contributed by atoms with E-state index >= 15 is 0 Å². The summed E-state index contributed by atoms with van der Waals surface area (Å²) in [7, 11) is 3.08. The average molecular weight is 555 g/mol. The normalized spacial score (nSPS) is 10.6. The summed E-state index contributed by atoms with van der Waals surface area (Å²) in [6.07, 6.45) is 0.454. The van der Waals surface area contributed by atoms with E-state index in [9.17, 15) is 14.4 Å². The van der Waals surface area contributed by atoms with Gasteiger partial charge in [-0.15, -0.1) is 0 Å². The lowest BCUT2D eigenvalue weighted by Gasteiger charge is -2.13. The monoisotopic (exact) mass is 554 g/mol. The van der Waals surface area contributed by atoms with E-state index in [0.29, 0.717) is 44.6 Å². The fourth-order valence-corrected chi connectivity index (χ4v) is 4.18. The van der Waals surface area contributed by atoms with Crippen molar-refractivity contribution in [3.8, 4) is 11.5 Å². The van der Waals surface area contributed by atoms with Gasteiger partial charge in [0.25, 0.3) is 5.91 Å². The maximum atomic E-state index is 13.1. The van der Waals surface area contributed by atoms with E-state index in [-0.39, 0.29) is 12.2 Å². The number of rotatable bonds is 8. The number of benzene rings is 3. The second-order valence-electron chi connectivity index (χ2n) is 8.14. The molecule has 11 heteroatoms. The minimum Gasteiger partial charge on any atom is -0.493 e. The van der Waals surface area contributed by atoms with Gasteiger partial charge in [0.1, 0.15) is 5.69 Å². The molecule has 0 radical (unpaired) electrons. The van der Waals surface area contributed by atoms with Crippen molar-refractivity contribution in [2.75, 3.05) is 31.5 Å². The van der Waals surface area contributed by atoms with Crippen molar-refractivity contribution in [1.29, 1.82) is 0 Å². The van der Waals surface area contributed by atoms with E-state index in [1.54, 1.807) is 67.8 Å². The Hall–Kier alpha value is -4.21. The van der Waals surface area contributed by atoms with Crippen LogP contribution < -0.4 is 25.5 Å². The summed E-state index contributed by atoms with van der Waals surface area (Å²) >= 11 is 12.3. The summed E-state index contributed by atoms with van der Waals surface area (Å²) in [5.74, 6) is -1.19. The Labute approximate surface area is 228 Å². The maximum Gasteiger partial charge on any atom is 0.328 e. The van der Waals surface area contributed by atoms with E-state index in [1.807, 2.05) is 6.07 Å². The molecule has 4 rings (SSSR count). The van der Waals surface area contributed by atoms with Gasteiger partial charge < -0.3 is 20.1 Å². The van der Waals surface area contributed by atoms with Gasteiger partial charge in [0, 0.05) is 17.0 Å². The predicted molar refractivity (Wildman–Crippen MR) is 147 cm³/mol. The number of nitrogens with zero attached hydrogens (tertiary/aromatic N) is 1. The fourth-order valence-electron chi connectivity index (χ4n) is 3.81. The number of ether oxygens (including phenoxy) is 2. The van der Waals surface area contributed by atoms with Crippen molar-refractivity contribution in [2.24, 2.45) is 0 Å². The zero-order valence-electron chi connectivity index (χ0n) is 20.5. The second-order valence-corrected chi connectivity index (χ2v) is 8.98. The molecule has 3 aromatic carbocycles. The molecule has 0 aliphatic carbocycles. The smallest absolute Gasteiger partial charge is 0.328 e. The second kappa shape index (κ2) is 11.9. The average Bonchev–Trinajstić information content (AvgIpc) is 3.26. The number of para-hydroxylation sites is 1. The minimum atomic E-state index is -0.948. The van der Waals surface area contributed by atoms with Crippen LogP contribution in [0, 0.1) is 0 Å². The van der Waals surface area contributed by atoms with Crippen molar-refractivity contribution >= 4 is 57.5 Å². The molecule has 9 nitrogen and oxygen atoms in total. The van der Waals surface area contributed by atoms with Gasteiger partial charge in [0.15, 0.2) is 11.5 Å². The summed E-state index contributed by atoms with van der Waals surface area (Å²) in [5.41, 5.74) is 4.34. The number of aromatic nitrogens is 1. The molecule has 3 amide bonds. The Morgan fingerprint density at radius 1 is 0.868 bits per heavy atom. The van der Waals surface area contributed by atoms with E-state index in [0.717, 1.165) is 5.56 Å². The predicted octanol–water partition coefficient (Wildman–Crippen LogP) is 4.65. The van der Waals surface area contributed by atoms with Crippen LogP contribution in [0.2, 0.25) is 10.0 Å². The Balaban J connectivity index is 1.48. The molecule has 1 aromatic heterocycles. The van der Waals surface area contributed by atoms with Gasteiger partial charge in [-0.05, 0) is 60.5 Å². The third kappa shape index (κ3) is 6.01. The van der Waals surface area contributed by atoms with Gasteiger partial charge in [0.2, 0.25) is 0 Å². The maximum absolute atomic E-state index is 13.1. The quantitative estimate of drug-likeness (QED) is 0.274. The van der Waals surface area contributed by atoms with E-state index in [2.05, 4.69) is 16.1 Å². The lowest BCUT2D eigenvalue weighted by Crippen LogP contribution is -2.40. The van der Waals surface area contributed by atoms with Gasteiger partial charge in [-0.2, -0.15) is 0 Å². The molecule has 0 spiro atoms. The van der Waals surface area contributed by atoms with Crippen LogP contribution in [-0.4, -0.2) is 43.2 Å². The highest BCUT2D eigenvalue weighted by Gasteiger charge is 2.21. The van der Waals surface area contributed by atoms with Crippen molar-refractivity contribution in [3.63, 3.8) is 0 Å². The summed E-state index contributed by atoms with van der Waals surface area (Å²) < 4.78 is 11.8. The number of nitrogens with one attached hydrogen (secondary N) is 3. The van der Waals surface area contributed by atoms with Crippen LogP contribution in [0.3, 0.4) is 0 Å². The molecule has 0 saturated heterocycles. The van der Waals surface area contributed by atoms with E-state index in [4.69, 9.17) is 32.7 Å². The standard InChI is InChI=1S/C27H24Cl2N4O5/c1-37-23-10-7-16(13-24(23)38-2)11-12-30-26(35)27(36)32-33-21-9-8-18(28)14-17(21)15-22(33)25(34)31-20-6-4-3-5-19(20)29/h3-10,13-15H,11-12H2,1-2H3,(H,30,35)(H,31,34)(H,32,36). The topological polar surface area (TPSA) is 111 Å². The SMILES string of the molecule is COc1ccc(CCNC(=O)C(=O)Nn2c(C(=O)Nc3ccccc3Cl)cc3cc(Cl)ccc32)cc1OC. The molecule has 38 heavy (non-hydrogen) atoms. The third-order valence-electron chi connectivity index (χ3n) is 5.69. The van der Waals surface area contributed by atoms with Crippen molar-refractivity contribution in [3.05, 3.63) is 88.0 Å². The Kier molecular flexibility index (Phi) is 8.40. The summed E-state index contributed by atoms with van der Waals surface area (Å²) in [6.45, 7) is 0.198. The number of carbonyl (C=O) groups is 3. The van der Waals surface area contributed by atoms with Gasteiger partial charge in [-0.3, -0.25) is 19.8 Å². The fraction of sp³-hybridized carbons (Fsp3) is 0.148. The highest BCUT2D eigenvalue weighted by Crippen LogP contribution is 2.28. The Bertz CT molecular complexity index is 1520. The number of hydrogen-bond acceptors (Lipinski definition) is 5. The zero-order valence-corrected chi connectivity index (χ0v) is 22.0. The van der Waals surface area contributed by atoms with Crippen molar-refractivity contribution < 1.29 is 23.9 Å². The molecule has 0 saturated carbocycles. The lowest BCUT2D eigenvalue weighted by atomic mass is 10.1. The summed E-state index contributed by atoms with van der Waals surface area (Å²) in [4.78, 5) is 38.5. The van der Waals surface area contributed by atoms with Gasteiger partial charge in [-0.25, -0.2) is 4.68 Å². The van der Waals surface area contributed by atoms with Gasteiger partial charge in [-0.1, -0.05) is 41.4 Å². The first-order valence-electron chi connectivity index (χ1n) is 11.5. The number of amides is 3.